The molecule has 2 heteroatoms. The van der Waals surface area contributed by atoms with Gasteiger partial charge in [-0.3, -0.25) is 9.97 Å². The number of pyridine rings is 2. The van der Waals surface area contributed by atoms with Gasteiger partial charge in [-0.15, -0.1) is 0 Å². The normalized spacial score (nSPS) is 11.5. The molecular formula is C50H32N2. The Morgan fingerprint density at radius 3 is 1.37 bits per heavy atom. The number of hydrogen-bond acceptors (Lipinski definition) is 2. The maximum Gasteiger partial charge on any atom is 0.0970 e. The molecule has 0 unspecified atom stereocenters. The van der Waals surface area contributed by atoms with Crippen LogP contribution in [0.25, 0.3) is 99.0 Å². The molecule has 2 aromatic heterocycles. The summed E-state index contributed by atoms with van der Waals surface area (Å²) in [4.78, 5) is 9.55. The second-order valence-electron chi connectivity index (χ2n) is 13.3. The average molecular weight is 661 g/mol. The first kappa shape index (κ1) is 30.0. The van der Waals surface area contributed by atoms with Gasteiger partial charge in [0.25, 0.3) is 0 Å². The Morgan fingerprint density at radius 1 is 0.269 bits per heavy atom. The van der Waals surface area contributed by atoms with Crippen LogP contribution in [0.3, 0.4) is 0 Å². The highest BCUT2D eigenvalue weighted by atomic mass is 14.7. The second-order valence-corrected chi connectivity index (χ2v) is 13.3. The van der Waals surface area contributed by atoms with Gasteiger partial charge in [-0.25, -0.2) is 0 Å². The zero-order valence-electron chi connectivity index (χ0n) is 28.4. The van der Waals surface area contributed by atoms with Gasteiger partial charge in [-0.05, 0) is 108 Å². The molecule has 0 atom stereocenters. The number of rotatable bonds is 5. The van der Waals surface area contributed by atoms with Gasteiger partial charge in [0, 0.05) is 23.2 Å². The van der Waals surface area contributed by atoms with Crippen molar-refractivity contribution in [2.24, 2.45) is 0 Å². The Balaban J connectivity index is 1.36. The van der Waals surface area contributed by atoms with Crippen LogP contribution in [0.1, 0.15) is 0 Å². The predicted molar refractivity (Wildman–Crippen MR) is 219 cm³/mol. The minimum absolute atomic E-state index is 0.920. The van der Waals surface area contributed by atoms with Gasteiger partial charge in [-0.2, -0.15) is 0 Å². The van der Waals surface area contributed by atoms with Crippen molar-refractivity contribution in [2.75, 3.05) is 0 Å². The van der Waals surface area contributed by atoms with Crippen molar-refractivity contribution in [3.8, 4) is 55.6 Å². The molecule has 0 amide bonds. The average Bonchev–Trinajstić information content (AvgIpc) is 3.23. The first-order chi connectivity index (χ1) is 25.8. The molecule has 0 aliphatic heterocycles. The van der Waals surface area contributed by atoms with Gasteiger partial charge < -0.3 is 0 Å². The zero-order chi connectivity index (χ0) is 34.4. The van der Waals surface area contributed by atoms with E-state index in [9.17, 15) is 0 Å². The van der Waals surface area contributed by atoms with E-state index in [1.54, 1.807) is 0 Å². The summed E-state index contributed by atoms with van der Waals surface area (Å²) in [6.45, 7) is 0. The van der Waals surface area contributed by atoms with Crippen LogP contribution < -0.4 is 0 Å². The van der Waals surface area contributed by atoms with Crippen LogP contribution in [-0.2, 0) is 0 Å². The lowest BCUT2D eigenvalue weighted by Gasteiger charge is -2.21. The Kier molecular flexibility index (Phi) is 7.18. The smallest absolute Gasteiger partial charge is 0.0970 e. The molecule has 0 radical (unpaired) electrons. The number of nitrogens with zero attached hydrogens (tertiary/aromatic N) is 2. The van der Waals surface area contributed by atoms with E-state index in [2.05, 4.69) is 176 Å². The quantitative estimate of drug-likeness (QED) is 0.136. The van der Waals surface area contributed by atoms with E-state index < -0.39 is 0 Å². The molecule has 52 heavy (non-hydrogen) atoms. The van der Waals surface area contributed by atoms with E-state index in [-0.39, 0.29) is 0 Å². The van der Waals surface area contributed by atoms with Crippen molar-refractivity contribution in [3.63, 3.8) is 0 Å². The highest BCUT2D eigenvalue weighted by Crippen LogP contribution is 2.48. The molecule has 242 valence electrons. The van der Waals surface area contributed by atoms with Crippen LogP contribution in [0, 0.1) is 0 Å². The Hall–Kier alpha value is -6.90. The van der Waals surface area contributed by atoms with Gasteiger partial charge in [0.1, 0.15) is 0 Å². The van der Waals surface area contributed by atoms with Crippen LogP contribution in [0.15, 0.2) is 194 Å². The standard InChI is InChI=1S/C50H32N2/c1-5-14-33(15-6-1)42-31-45-46(32-43(42)34-16-7-2-8-17-34)48(36-20-11-4-12-21-36)44-30-38(24-25-40(44)47(45)35-18-9-3-10-19-35)39-27-29-52-50-41(39)26-23-37-22-13-28-51-49(37)50/h1-32H. The molecule has 0 aliphatic carbocycles. The summed E-state index contributed by atoms with van der Waals surface area (Å²) in [7, 11) is 0. The minimum atomic E-state index is 0.920. The van der Waals surface area contributed by atoms with Crippen molar-refractivity contribution in [3.05, 3.63) is 194 Å². The van der Waals surface area contributed by atoms with E-state index in [1.165, 1.54) is 66.1 Å². The Bertz CT molecular complexity index is 2920. The molecule has 10 aromatic rings. The lowest BCUT2D eigenvalue weighted by molar-refractivity contribution is 1.37. The highest BCUT2D eigenvalue weighted by molar-refractivity contribution is 6.24. The fraction of sp³-hybridized carbons (Fsp3) is 0. The van der Waals surface area contributed by atoms with Crippen LogP contribution in [0.5, 0.6) is 0 Å². The van der Waals surface area contributed by atoms with Crippen molar-refractivity contribution in [1.29, 1.82) is 0 Å². The molecule has 0 aliphatic rings. The second kappa shape index (κ2) is 12.5. The van der Waals surface area contributed by atoms with E-state index in [4.69, 9.17) is 9.97 Å². The largest absolute Gasteiger partial charge is 0.254 e. The molecule has 0 spiro atoms. The molecular weight excluding hydrogens is 629 g/mol. The number of aromatic nitrogens is 2. The minimum Gasteiger partial charge on any atom is -0.254 e. The summed E-state index contributed by atoms with van der Waals surface area (Å²) in [6, 6.07) is 65.8. The number of benzene rings is 8. The molecule has 0 saturated heterocycles. The van der Waals surface area contributed by atoms with Gasteiger partial charge in [0.15, 0.2) is 0 Å². The summed E-state index contributed by atoms with van der Waals surface area (Å²) in [5, 5.41) is 7.08. The molecule has 8 aromatic carbocycles. The van der Waals surface area contributed by atoms with Gasteiger partial charge in [0.2, 0.25) is 0 Å². The van der Waals surface area contributed by atoms with Gasteiger partial charge in [0.05, 0.1) is 11.0 Å². The van der Waals surface area contributed by atoms with Crippen molar-refractivity contribution in [2.45, 2.75) is 0 Å². The van der Waals surface area contributed by atoms with Crippen molar-refractivity contribution in [1.82, 2.24) is 9.97 Å². The van der Waals surface area contributed by atoms with Crippen LogP contribution in [0.4, 0.5) is 0 Å². The third-order valence-electron chi connectivity index (χ3n) is 10.3. The summed E-state index contributed by atoms with van der Waals surface area (Å²) >= 11 is 0. The molecule has 2 nitrogen and oxygen atoms in total. The number of fused-ring (bicyclic) bond motifs is 5. The van der Waals surface area contributed by atoms with E-state index >= 15 is 0 Å². The molecule has 0 fully saturated rings. The topological polar surface area (TPSA) is 25.8 Å². The van der Waals surface area contributed by atoms with Crippen molar-refractivity contribution >= 4 is 43.4 Å². The van der Waals surface area contributed by atoms with Crippen molar-refractivity contribution < 1.29 is 0 Å². The zero-order valence-corrected chi connectivity index (χ0v) is 28.4. The third-order valence-corrected chi connectivity index (χ3v) is 10.3. The third kappa shape index (κ3) is 4.96. The summed E-state index contributed by atoms with van der Waals surface area (Å²) in [5.74, 6) is 0. The monoisotopic (exact) mass is 660 g/mol. The first-order valence-corrected chi connectivity index (χ1v) is 17.7. The maximum absolute atomic E-state index is 4.83. The molecule has 0 bridgehead atoms. The predicted octanol–water partition coefficient (Wildman–Crippen LogP) is 13.4. The summed E-state index contributed by atoms with van der Waals surface area (Å²) in [5.41, 5.74) is 13.8. The Labute approximate surface area is 302 Å². The van der Waals surface area contributed by atoms with Crippen LogP contribution in [-0.4, -0.2) is 9.97 Å². The molecule has 0 saturated carbocycles. The fourth-order valence-corrected chi connectivity index (χ4v) is 7.99. The van der Waals surface area contributed by atoms with Gasteiger partial charge in [-0.1, -0.05) is 152 Å². The molecule has 0 N–H and O–H groups in total. The lowest BCUT2D eigenvalue weighted by Crippen LogP contribution is -1.95. The summed E-state index contributed by atoms with van der Waals surface area (Å²) < 4.78 is 0. The molecule has 10 rings (SSSR count). The van der Waals surface area contributed by atoms with E-state index in [1.807, 2.05) is 18.5 Å². The summed E-state index contributed by atoms with van der Waals surface area (Å²) in [6.07, 6.45) is 3.77. The maximum atomic E-state index is 4.83. The SMILES string of the molecule is c1ccc(-c2cc3c(-c4ccccc4)c4ccc(-c5ccnc6c5ccc5cccnc56)cc4c(-c4ccccc4)c3cc2-c2ccccc2)cc1. The Morgan fingerprint density at radius 2 is 0.769 bits per heavy atom. The lowest BCUT2D eigenvalue weighted by atomic mass is 9.81. The number of hydrogen-bond donors (Lipinski definition) is 0. The van der Waals surface area contributed by atoms with Gasteiger partial charge >= 0.3 is 0 Å². The molecule has 2 heterocycles. The van der Waals surface area contributed by atoms with E-state index in [0.717, 1.165) is 32.9 Å². The highest BCUT2D eigenvalue weighted by Gasteiger charge is 2.21. The fourth-order valence-electron chi connectivity index (χ4n) is 7.99. The van der Waals surface area contributed by atoms with Crippen LogP contribution in [0.2, 0.25) is 0 Å². The van der Waals surface area contributed by atoms with Crippen LogP contribution >= 0.6 is 0 Å². The van der Waals surface area contributed by atoms with E-state index in [0.29, 0.717) is 0 Å². The first-order valence-electron chi connectivity index (χ1n) is 17.7.